The normalized spacial score (nSPS) is 15.7. The van der Waals surface area contributed by atoms with Gasteiger partial charge in [0.1, 0.15) is 5.60 Å². The summed E-state index contributed by atoms with van der Waals surface area (Å²) in [6.45, 7) is 4.38. The lowest BCUT2D eigenvalue weighted by Gasteiger charge is -2.23. The zero-order valence-corrected chi connectivity index (χ0v) is 7.52. The van der Waals surface area contributed by atoms with Crippen molar-refractivity contribution in [2.24, 2.45) is 0 Å². The third-order valence-electron chi connectivity index (χ3n) is 1.26. The second-order valence-corrected chi connectivity index (χ2v) is 3.08. The molecule has 0 aliphatic rings. The SMILES string of the molecule is [2H]C([2H])([2H])NCC(=O)OC(C)(C)CC=C. The van der Waals surface area contributed by atoms with Gasteiger partial charge < -0.3 is 10.1 Å². The molecule has 0 aromatic heterocycles. The first-order valence-electron chi connectivity index (χ1n) is 5.24. The molecule has 0 bridgehead atoms. The van der Waals surface area contributed by atoms with Gasteiger partial charge in [-0.2, -0.15) is 0 Å². The molecular formula is C9H17NO2. The van der Waals surface area contributed by atoms with E-state index in [9.17, 15) is 4.79 Å². The Bertz CT molecular complexity index is 236. The molecule has 70 valence electrons. The van der Waals surface area contributed by atoms with E-state index < -0.39 is 18.5 Å². The maximum Gasteiger partial charge on any atom is 0.320 e. The molecule has 3 nitrogen and oxygen atoms in total. The topological polar surface area (TPSA) is 38.3 Å². The predicted octanol–water partition coefficient (Wildman–Crippen LogP) is 1.10. The van der Waals surface area contributed by atoms with Crippen molar-refractivity contribution in [2.75, 3.05) is 13.5 Å². The summed E-state index contributed by atoms with van der Waals surface area (Å²) in [5.41, 5.74) is -0.644. The van der Waals surface area contributed by atoms with Crippen LogP contribution in [0.2, 0.25) is 0 Å². The molecule has 0 aromatic rings. The summed E-state index contributed by atoms with van der Waals surface area (Å²) in [6.07, 6.45) is 2.16. The van der Waals surface area contributed by atoms with Crippen LogP contribution in [0.4, 0.5) is 0 Å². The molecule has 0 aromatic carbocycles. The summed E-state index contributed by atoms with van der Waals surface area (Å²) in [6, 6.07) is 0. The molecule has 0 aliphatic carbocycles. The van der Waals surface area contributed by atoms with Gasteiger partial charge in [0.25, 0.3) is 0 Å². The molecular weight excluding hydrogens is 154 g/mol. The zero-order chi connectivity index (χ0) is 12.1. The van der Waals surface area contributed by atoms with Crippen LogP contribution in [-0.2, 0) is 9.53 Å². The summed E-state index contributed by atoms with van der Waals surface area (Å²) >= 11 is 0. The van der Waals surface area contributed by atoms with Gasteiger partial charge in [-0.15, -0.1) is 6.58 Å². The molecule has 0 fully saturated rings. The molecule has 0 spiro atoms. The van der Waals surface area contributed by atoms with Crippen molar-refractivity contribution in [3.8, 4) is 0 Å². The summed E-state index contributed by atoms with van der Waals surface area (Å²) in [4.78, 5) is 11.2. The van der Waals surface area contributed by atoms with Crippen molar-refractivity contribution < 1.29 is 13.6 Å². The largest absolute Gasteiger partial charge is 0.458 e. The van der Waals surface area contributed by atoms with Crippen molar-refractivity contribution in [3.63, 3.8) is 0 Å². The van der Waals surface area contributed by atoms with Crippen molar-refractivity contribution in [2.45, 2.75) is 25.9 Å². The minimum atomic E-state index is -2.32. The molecule has 0 radical (unpaired) electrons. The predicted molar refractivity (Wildman–Crippen MR) is 48.9 cm³/mol. The van der Waals surface area contributed by atoms with E-state index in [1.807, 2.05) is 0 Å². The van der Waals surface area contributed by atoms with Crippen LogP contribution in [-0.4, -0.2) is 25.1 Å². The quantitative estimate of drug-likeness (QED) is 0.501. The Morgan fingerprint density at radius 1 is 1.83 bits per heavy atom. The summed E-state index contributed by atoms with van der Waals surface area (Å²) in [7, 11) is 0. The first-order valence-corrected chi connectivity index (χ1v) is 3.74. The number of nitrogens with one attached hydrogen (secondary N) is 1. The number of carbonyl (C=O) groups is 1. The van der Waals surface area contributed by atoms with E-state index in [1.54, 1.807) is 19.9 Å². The Labute approximate surface area is 78.0 Å². The van der Waals surface area contributed by atoms with Gasteiger partial charge in [0.05, 0.1) is 6.54 Å². The van der Waals surface area contributed by atoms with Crippen LogP contribution in [0.3, 0.4) is 0 Å². The van der Waals surface area contributed by atoms with Gasteiger partial charge in [-0.05, 0) is 20.8 Å². The van der Waals surface area contributed by atoms with Crippen LogP contribution >= 0.6 is 0 Å². The van der Waals surface area contributed by atoms with E-state index in [-0.39, 0.29) is 6.54 Å². The van der Waals surface area contributed by atoms with Gasteiger partial charge in [-0.3, -0.25) is 4.79 Å². The van der Waals surface area contributed by atoms with Gasteiger partial charge >= 0.3 is 5.97 Å². The Morgan fingerprint density at radius 3 is 3.00 bits per heavy atom. The molecule has 0 amide bonds. The van der Waals surface area contributed by atoms with E-state index in [1.165, 1.54) is 0 Å². The summed E-state index contributed by atoms with van der Waals surface area (Å²) in [5.74, 6) is -0.585. The standard InChI is InChI=1S/C9H17NO2/c1-5-6-9(2,3)12-8(11)7-10-4/h5,10H,1,6-7H2,2-4H3/i4D3. The van der Waals surface area contributed by atoms with Crippen molar-refractivity contribution in [3.05, 3.63) is 12.7 Å². The highest BCUT2D eigenvalue weighted by molar-refractivity contribution is 5.72. The number of likely N-dealkylation sites (N-methyl/N-ethyl adjacent to an activating group) is 1. The minimum Gasteiger partial charge on any atom is -0.458 e. The molecule has 0 atom stereocenters. The highest BCUT2D eigenvalue weighted by atomic mass is 16.6. The van der Waals surface area contributed by atoms with E-state index in [0.29, 0.717) is 6.42 Å². The van der Waals surface area contributed by atoms with E-state index in [4.69, 9.17) is 8.85 Å². The fourth-order valence-corrected chi connectivity index (χ4v) is 0.806. The molecule has 0 heterocycles. The molecule has 0 saturated heterocycles. The van der Waals surface area contributed by atoms with Gasteiger partial charge in [-0.25, -0.2) is 0 Å². The number of rotatable bonds is 5. The van der Waals surface area contributed by atoms with Gasteiger partial charge in [0.15, 0.2) is 0 Å². The molecule has 3 heteroatoms. The average molecular weight is 174 g/mol. The average Bonchev–Trinajstić information content (AvgIpc) is 1.98. The number of hydrogen-bond acceptors (Lipinski definition) is 3. The van der Waals surface area contributed by atoms with Crippen molar-refractivity contribution in [1.82, 2.24) is 5.32 Å². The second-order valence-electron chi connectivity index (χ2n) is 3.08. The number of ether oxygens (including phenoxy) is 1. The van der Waals surface area contributed by atoms with Crippen LogP contribution in [0.25, 0.3) is 0 Å². The lowest BCUT2D eigenvalue weighted by molar-refractivity contribution is -0.154. The van der Waals surface area contributed by atoms with E-state index >= 15 is 0 Å². The van der Waals surface area contributed by atoms with Crippen molar-refractivity contribution in [1.29, 1.82) is 0 Å². The fourth-order valence-electron chi connectivity index (χ4n) is 0.806. The van der Waals surface area contributed by atoms with Gasteiger partial charge in [-0.1, -0.05) is 6.08 Å². The van der Waals surface area contributed by atoms with Crippen LogP contribution in [0.15, 0.2) is 12.7 Å². The third kappa shape index (κ3) is 4.91. The maximum absolute atomic E-state index is 11.2. The van der Waals surface area contributed by atoms with Crippen molar-refractivity contribution >= 4 is 5.97 Å². The van der Waals surface area contributed by atoms with Gasteiger partial charge in [0.2, 0.25) is 0 Å². The third-order valence-corrected chi connectivity index (χ3v) is 1.26. The number of esters is 1. The number of hydrogen-bond donors (Lipinski definition) is 1. The minimum absolute atomic E-state index is 0.322. The Balaban J connectivity index is 3.98. The first kappa shape index (κ1) is 6.66. The Morgan fingerprint density at radius 2 is 2.50 bits per heavy atom. The van der Waals surface area contributed by atoms with E-state index in [2.05, 4.69) is 11.9 Å². The molecule has 0 saturated carbocycles. The van der Waals surface area contributed by atoms with Crippen LogP contribution in [0.1, 0.15) is 24.4 Å². The molecule has 0 aliphatic heterocycles. The first-order chi connectivity index (χ1) is 6.66. The van der Waals surface area contributed by atoms with Crippen LogP contribution < -0.4 is 5.32 Å². The summed E-state index contributed by atoms with van der Waals surface area (Å²) < 4.78 is 25.6. The van der Waals surface area contributed by atoms with Crippen LogP contribution in [0, 0.1) is 0 Å². The lowest BCUT2D eigenvalue weighted by Crippen LogP contribution is -2.32. The monoisotopic (exact) mass is 174 g/mol. The molecule has 12 heavy (non-hydrogen) atoms. The fraction of sp³-hybridized carbons (Fsp3) is 0.667. The highest BCUT2D eigenvalue weighted by Gasteiger charge is 2.20. The molecule has 0 unspecified atom stereocenters. The second kappa shape index (κ2) is 4.93. The van der Waals surface area contributed by atoms with E-state index in [0.717, 1.165) is 0 Å². The maximum atomic E-state index is 11.2. The number of carbonyl (C=O) groups excluding carboxylic acids is 1. The highest BCUT2D eigenvalue weighted by Crippen LogP contribution is 2.14. The smallest absolute Gasteiger partial charge is 0.320 e. The molecule has 1 N–H and O–H groups in total. The Hall–Kier alpha value is -0.830. The van der Waals surface area contributed by atoms with Gasteiger partial charge in [0, 0.05) is 10.5 Å². The Kier molecular flexibility index (Phi) is 2.74. The lowest BCUT2D eigenvalue weighted by atomic mass is 10.1. The summed E-state index contributed by atoms with van der Waals surface area (Å²) in [5, 5.41) is 2.09. The zero-order valence-electron chi connectivity index (χ0n) is 10.5. The van der Waals surface area contributed by atoms with Crippen LogP contribution in [0.5, 0.6) is 0 Å². The molecule has 0 rings (SSSR count).